The van der Waals surface area contributed by atoms with Crippen molar-refractivity contribution in [3.8, 4) is 0 Å². The summed E-state index contributed by atoms with van der Waals surface area (Å²) in [6, 6.07) is 6.01. The van der Waals surface area contributed by atoms with E-state index < -0.39 is 9.03 Å². The van der Waals surface area contributed by atoms with Crippen molar-refractivity contribution in [3.05, 3.63) is 39.9 Å². The second-order valence-corrected chi connectivity index (χ2v) is 6.63. The fourth-order valence-electron chi connectivity index (χ4n) is 2.03. The van der Waals surface area contributed by atoms with E-state index in [0.717, 1.165) is 18.4 Å². The summed E-state index contributed by atoms with van der Waals surface area (Å²) < 4.78 is 4.92. The van der Waals surface area contributed by atoms with Gasteiger partial charge in [0.2, 0.25) is 0 Å². The zero-order valence-corrected chi connectivity index (χ0v) is 14.2. The van der Waals surface area contributed by atoms with Crippen molar-refractivity contribution in [1.82, 2.24) is 4.90 Å². The highest BCUT2D eigenvalue weighted by Crippen LogP contribution is 2.28. The lowest BCUT2D eigenvalue weighted by atomic mass is 10.1. The third-order valence-electron chi connectivity index (χ3n) is 3.29. The molecule has 1 aliphatic rings. The van der Waals surface area contributed by atoms with E-state index in [-0.39, 0.29) is 11.8 Å². The minimum Gasteiger partial charge on any atom is -0.430 e. The van der Waals surface area contributed by atoms with Gasteiger partial charge in [0.05, 0.1) is 4.92 Å². The van der Waals surface area contributed by atoms with Crippen molar-refractivity contribution >= 4 is 47.0 Å². The summed E-state index contributed by atoms with van der Waals surface area (Å²) in [5.74, 6) is 0. The predicted octanol–water partition coefficient (Wildman–Crippen LogP) is 3.56. The third kappa shape index (κ3) is 4.47. The molecule has 1 heterocycles. The number of thiol groups is 1. The highest BCUT2D eigenvalue weighted by atomic mass is 127. The summed E-state index contributed by atoms with van der Waals surface area (Å²) in [6.45, 7) is 1.30. The van der Waals surface area contributed by atoms with Crippen molar-refractivity contribution in [2.24, 2.45) is 0 Å². The van der Waals surface area contributed by atoms with E-state index in [1.807, 2.05) is 22.6 Å². The Balaban J connectivity index is 1.92. The van der Waals surface area contributed by atoms with Crippen LogP contribution in [0, 0.1) is 10.1 Å². The molecule has 1 atom stereocenters. The lowest BCUT2D eigenvalue weighted by Gasteiger charge is -2.29. The molecule has 1 unspecified atom stereocenters. The quantitative estimate of drug-likeness (QED) is 0.266. The minimum atomic E-state index is -0.468. The normalized spacial score (nSPS) is 17.3. The standard InChI is InChI=1S/C13H15IN2O4S/c14-12(9-1-3-10(4-2-9)16(18)19)20-13(17)15-7-5-11(21)6-8-15/h1-4,11-12,21H,5-8H2. The summed E-state index contributed by atoms with van der Waals surface area (Å²) in [5, 5.41) is 10.9. The Bertz CT molecular complexity index is 517. The monoisotopic (exact) mass is 422 g/mol. The maximum absolute atomic E-state index is 12.0. The fourth-order valence-corrected chi connectivity index (χ4v) is 2.89. The second-order valence-electron chi connectivity index (χ2n) is 4.77. The van der Waals surface area contributed by atoms with Crippen molar-refractivity contribution in [2.45, 2.75) is 22.2 Å². The fraction of sp³-hybridized carbons (Fsp3) is 0.462. The van der Waals surface area contributed by atoms with E-state index in [2.05, 4.69) is 12.6 Å². The van der Waals surface area contributed by atoms with Crippen LogP contribution in [-0.2, 0) is 4.74 Å². The Kier molecular flexibility index (Phi) is 5.68. The number of amides is 1. The van der Waals surface area contributed by atoms with Gasteiger partial charge in [-0.15, -0.1) is 0 Å². The maximum Gasteiger partial charge on any atom is 0.411 e. The molecule has 1 fully saturated rings. The first kappa shape index (κ1) is 16.3. The number of nitro groups is 1. The lowest BCUT2D eigenvalue weighted by Crippen LogP contribution is -2.39. The van der Waals surface area contributed by atoms with E-state index >= 15 is 0 Å². The van der Waals surface area contributed by atoms with E-state index in [1.54, 1.807) is 17.0 Å². The minimum absolute atomic E-state index is 0.0181. The van der Waals surface area contributed by atoms with Crippen LogP contribution in [0.25, 0.3) is 0 Å². The van der Waals surface area contributed by atoms with Gasteiger partial charge in [-0.3, -0.25) is 10.1 Å². The van der Waals surface area contributed by atoms with Gasteiger partial charge in [-0.1, -0.05) is 0 Å². The summed E-state index contributed by atoms with van der Waals surface area (Å²) >= 11 is 6.39. The molecule has 0 aliphatic carbocycles. The number of alkyl halides is 1. The van der Waals surface area contributed by atoms with Gasteiger partial charge in [-0.2, -0.15) is 12.6 Å². The molecule has 1 saturated heterocycles. The van der Waals surface area contributed by atoms with Crippen LogP contribution in [0.4, 0.5) is 10.5 Å². The second kappa shape index (κ2) is 7.30. The van der Waals surface area contributed by atoms with Gasteiger partial charge in [-0.05, 0) is 47.6 Å². The van der Waals surface area contributed by atoms with E-state index in [0.29, 0.717) is 18.3 Å². The van der Waals surface area contributed by atoms with Crippen molar-refractivity contribution in [1.29, 1.82) is 0 Å². The first-order valence-electron chi connectivity index (χ1n) is 6.49. The predicted molar refractivity (Wildman–Crippen MR) is 89.9 cm³/mol. The van der Waals surface area contributed by atoms with Gasteiger partial charge in [0.25, 0.3) is 5.69 Å². The Hall–Kier alpha value is -1.03. The van der Waals surface area contributed by atoms with E-state index in [9.17, 15) is 14.9 Å². The molecule has 1 aliphatic heterocycles. The molecule has 0 bridgehead atoms. The molecule has 0 radical (unpaired) electrons. The van der Waals surface area contributed by atoms with Gasteiger partial charge in [-0.25, -0.2) is 4.79 Å². The van der Waals surface area contributed by atoms with Crippen molar-refractivity contribution in [2.75, 3.05) is 13.1 Å². The summed E-state index contributed by atoms with van der Waals surface area (Å²) in [7, 11) is 0. The summed E-state index contributed by atoms with van der Waals surface area (Å²) in [4.78, 5) is 23.8. The van der Waals surface area contributed by atoms with E-state index in [4.69, 9.17) is 4.74 Å². The molecular formula is C13H15IN2O4S. The van der Waals surface area contributed by atoms with Crippen LogP contribution < -0.4 is 0 Å². The largest absolute Gasteiger partial charge is 0.430 e. The van der Waals surface area contributed by atoms with Gasteiger partial charge in [0.15, 0.2) is 4.11 Å². The number of hydrogen-bond donors (Lipinski definition) is 1. The van der Waals surface area contributed by atoms with Crippen LogP contribution >= 0.6 is 35.2 Å². The molecular weight excluding hydrogens is 407 g/mol. The average Bonchev–Trinajstić information content (AvgIpc) is 2.47. The number of hydrogen-bond acceptors (Lipinski definition) is 5. The number of rotatable bonds is 3. The highest BCUT2D eigenvalue weighted by Gasteiger charge is 2.24. The number of non-ortho nitro benzene ring substituents is 1. The van der Waals surface area contributed by atoms with Crippen molar-refractivity contribution in [3.63, 3.8) is 0 Å². The summed E-state index contributed by atoms with van der Waals surface area (Å²) in [6.07, 6.45) is 1.37. The molecule has 0 saturated carbocycles. The van der Waals surface area contributed by atoms with Gasteiger partial charge in [0, 0.05) is 36.0 Å². The number of nitrogens with zero attached hydrogens (tertiary/aromatic N) is 2. The molecule has 2 rings (SSSR count). The Morgan fingerprint density at radius 1 is 1.38 bits per heavy atom. The smallest absolute Gasteiger partial charge is 0.411 e. The molecule has 114 valence electrons. The number of piperidine rings is 1. The molecule has 21 heavy (non-hydrogen) atoms. The van der Waals surface area contributed by atoms with Crippen molar-refractivity contribution < 1.29 is 14.5 Å². The Morgan fingerprint density at radius 3 is 2.48 bits per heavy atom. The number of ether oxygens (including phenoxy) is 1. The first-order chi connectivity index (χ1) is 9.97. The van der Waals surface area contributed by atoms with Crippen LogP contribution in [-0.4, -0.2) is 34.3 Å². The Labute approximate surface area is 141 Å². The number of carbonyl (C=O) groups is 1. The number of carbonyl (C=O) groups excluding carboxylic acids is 1. The van der Waals surface area contributed by atoms with Gasteiger partial charge >= 0.3 is 6.09 Å². The average molecular weight is 422 g/mol. The molecule has 1 amide bonds. The molecule has 1 aromatic carbocycles. The molecule has 8 heteroatoms. The summed E-state index contributed by atoms with van der Waals surface area (Å²) in [5.41, 5.74) is 0.739. The lowest BCUT2D eigenvalue weighted by molar-refractivity contribution is -0.384. The molecule has 0 spiro atoms. The van der Waals surface area contributed by atoms with Gasteiger partial charge in [0.1, 0.15) is 0 Å². The number of likely N-dealkylation sites (tertiary alicyclic amines) is 1. The maximum atomic E-state index is 12.0. The first-order valence-corrected chi connectivity index (χ1v) is 8.25. The molecule has 1 aromatic rings. The molecule has 0 aromatic heterocycles. The number of halogens is 1. The van der Waals surface area contributed by atoms with Crippen LogP contribution in [0.3, 0.4) is 0 Å². The molecule has 0 N–H and O–H groups in total. The van der Waals surface area contributed by atoms with Crippen LogP contribution in [0.2, 0.25) is 0 Å². The number of nitro benzene ring substituents is 1. The van der Waals surface area contributed by atoms with Crippen LogP contribution in [0.5, 0.6) is 0 Å². The SMILES string of the molecule is O=C(OC(I)c1ccc([N+](=O)[O-])cc1)N1CCC(S)CC1. The molecule has 6 nitrogen and oxygen atoms in total. The topological polar surface area (TPSA) is 72.7 Å². The Morgan fingerprint density at radius 2 is 1.95 bits per heavy atom. The number of benzene rings is 1. The zero-order chi connectivity index (χ0) is 15.4. The van der Waals surface area contributed by atoms with Gasteiger partial charge < -0.3 is 9.64 Å². The van der Waals surface area contributed by atoms with E-state index in [1.165, 1.54) is 12.1 Å². The highest BCUT2D eigenvalue weighted by molar-refractivity contribution is 14.1. The third-order valence-corrected chi connectivity index (χ3v) is 4.78. The zero-order valence-electron chi connectivity index (χ0n) is 11.1. The van der Waals surface area contributed by atoms with Crippen LogP contribution in [0.1, 0.15) is 22.5 Å². The van der Waals surface area contributed by atoms with Crippen LogP contribution in [0.15, 0.2) is 24.3 Å².